The highest BCUT2D eigenvalue weighted by Gasteiger charge is 2.17. The Bertz CT molecular complexity index is 687. The molecule has 134 valence electrons. The van der Waals surface area contributed by atoms with Crippen molar-refractivity contribution in [1.29, 1.82) is 0 Å². The molecule has 0 heterocycles. The minimum atomic E-state index is -0.489. The molecule has 0 saturated carbocycles. The van der Waals surface area contributed by atoms with Gasteiger partial charge in [0.15, 0.2) is 0 Å². The van der Waals surface area contributed by atoms with Crippen molar-refractivity contribution in [1.82, 2.24) is 0 Å². The topological polar surface area (TPSA) is 55.8 Å². The number of rotatable bonds is 7. The Hall–Kier alpha value is -2.33. The maximum absolute atomic E-state index is 12.0. The van der Waals surface area contributed by atoms with Crippen molar-refractivity contribution < 1.29 is 19.4 Å². The molecule has 2 rings (SSSR count). The highest BCUT2D eigenvalue weighted by molar-refractivity contribution is 5.70. The number of aliphatic hydroxyl groups excluding tert-OH is 1. The molecule has 0 radical (unpaired) electrons. The van der Waals surface area contributed by atoms with Crippen LogP contribution in [0.1, 0.15) is 43.9 Å². The zero-order valence-corrected chi connectivity index (χ0v) is 15.1. The first-order valence-corrected chi connectivity index (χ1v) is 8.48. The first kappa shape index (κ1) is 19.0. The minimum Gasteiger partial charge on any atom is -0.489 e. The lowest BCUT2D eigenvalue weighted by Gasteiger charge is -2.19. The van der Waals surface area contributed by atoms with E-state index in [1.807, 2.05) is 69.3 Å². The van der Waals surface area contributed by atoms with Gasteiger partial charge in [0.25, 0.3) is 0 Å². The van der Waals surface area contributed by atoms with E-state index in [9.17, 15) is 9.90 Å². The van der Waals surface area contributed by atoms with Crippen molar-refractivity contribution in [2.45, 2.75) is 52.4 Å². The largest absolute Gasteiger partial charge is 0.489 e. The Morgan fingerprint density at radius 2 is 1.76 bits per heavy atom. The summed E-state index contributed by atoms with van der Waals surface area (Å²) in [6, 6.07) is 15.5. The van der Waals surface area contributed by atoms with Gasteiger partial charge in [0.1, 0.15) is 18.0 Å². The fraction of sp³-hybridized carbons (Fsp3) is 0.381. The Kier molecular flexibility index (Phi) is 6.59. The number of hydrogen-bond acceptors (Lipinski definition) is 4. The van der Waals surface area contributed by atoms with Gasteiger partial charge >= 0.3 is 5.97 Å². The second-order valence-electron chi connectivity index (χ2n) is 6.96. The summed E-state index contributed by atoms with van der Waals surface area (Å²) in [7, 11) is 0. The Labute approximate surface area is 149 Å². The van der Waals surface area contributed by atoms with E-state index in [-0.39, 0.29) is 19.0 Å². The molecule has 4 nitrogen and oxygen atoms in total. The van der Waals surface area contributed by atoms with Gasteiger partial charge in [-0.1, -0.05) is 36.4 Å². The third-order valence-electron chi connectivity index (χ3n) is 3.56. The van der Waals surface area contributed by atoms with Crippen LogP contribution in [0.2, 0.25) is 0 Å². The van der Waals surface area contributed by atoms with Gasteiger partial charge < -0.3 is 14.6 Å². The van der Waals surface area contributed by atoms with Gasteiger partial charge in [-0.3, -0.25) is 4.79 Å². The smallest absolute Gasteiger partial charge is 0.306 e. The lowest BCUT2D eigenvalue weighted by molar-refractivity contribution is -0.154. The predicted molar refractivity (Wildman–Crippen MR) is 97.3 cm³/mol. The van der Waals surface area contributed by atoms with Crippen molar-refractivity contribution in [3.8, 4) is 5.75 Å². The summed E-state index contributed by atoms with van der Waals surface area (Å²) in [5, 5.41) is 9.36. The fourth-order valence-electron chi connectivity index (χ4n) is 2.43. The van der Waals surface area contributed by atoms with Crippen molar-refractivity contribution in [2.75, 3.05) is 0 Å². The quantitative estimate of drug-likeness (QED) is 0.772. The van der Waals surface area contributed by atoms with Gasteiger partial charge in [0.05, 0.1) is 6.61 Å². The number of hydrogen-bond donors (Lipinski definition) is 1. The van der Waals surface area contributed by atoms with Crippen LogP contribution in [0.4, 0.5) is 0 Å². The summed E-state index contributed by atoms with van der Waals surface area (Å²) in [5.41, 5.74) is 2.28. The van der Waals surface area contributed by atoms with Gasteiger partial charge in [-0.2, -0.15) is 0 Å². The third kappa shape index (κ3) is 6.59. The molecule has 0 aliphatic carbocycles. The lowest BCUT2D eigenvalue weighted by Crippen LogP contribution is -2.24. The average Bonchev–Trinajstić information content (AvgIpc) is 2.58. The highest BCUT2D eigenvalue weighted by atomic mass is 16.6. The molecule has 0 aliphatic heterocycles. The molecule has 4 heteroatoms. The van der Waals surface area contributed by atoms with Crippen LogP contribution in [0.5, 0.6) is 5.75 Å². The zero-order valence-electron chi connectivity index (χ0n) is 15.1. The molecule has 2 aromatic rings. The molecule has 0 aliphatic rings. The first-order valence-electron chi connectivity index (χ1n) is 8.48. The van der Waals surface area contributed by atoms with Gasteiger partial charge in [-0.15, -0.1) is 0 Å². The summed E-state index contributed by atoms with van der Waals surface area (Å²) < 4.78 is 11.3. The Morgan fingerprint density at radius 3 is 2.40 bits per heavy atom. The van der Waals surface area contributed by atoms with Gasteiger partial charge in [0.2, 0.25) is 0 Å². The maximum Gasteiger partial charge on any atom is 0.306 e. The highest BCUT2D eigenvalue weighted by Crippen LogP contribution is 2.24. The van der Waals surface area contributed by atoms with Crippen molar-refractivity contribution in [3.63, 3.8) is 0 Å². The van der Waals surface area contributed by atoms with E-state index >= 15 is 0 Å². The van der Waals surface area contributed by atoms with Crippen molar-refractivity contribution in [2.24, 2.45) is 0 Å². The molecular weight excluding hydrogens is 316 g/mol. The number of esters is 1. The van der Waals surface area contributed by atoms with E-state index in [1.165, 1.54) is 0 Å². The van der Waals surface area contributed by atoms with Gasteiger partial charge in [-0.05, 0) is 56.0 Å². The normalized spacial score (nSPS) is 11.2. The van der Waals surface area contributed by atoms with Crippen LogP contribution in [0.25, 0.3) is 0 Å². The molecule has 0 atom stereocenters. The van der Waals surface area contributed by atoms with Crippen LogP contribution in [0.15, 0.2) is 48.5 Å². The maximum atomic E-state index is 12.0. The third-order valence-corrected chi connectivity index (χ3v) is 3.56. The summed E-state index contributed by atoms with van der Waals surface area (Å²) in [5.74, 6) is 0.487. The molecule has 0 spiro atoms. The summed E-state index contributed by atoms with van der Waals surface area (Å²) in [6.45, 7) is 5.97. The predicted octanol–water partition coefficient (Wildman–Crippen LogP) is 4.03. The van der Waals surface area contributed by atoms with E-state index in [2.05, 4.69) is 0 Å². The number of carbonyl (C=O) groups is 1. The number of ether oxygens (including phenoxy) is 2. The van der Waals surface area contributed by atoms with Crippen LogP contribution in [0, 0.1) is 0 Å². The molecule has 0 bridgehead atoms. The molecule has 2 aromatic carbocycles. The SMILES string of the molecule is CC(C)(C)OC(=O)CCc1cc(CO)ccc1OCc1ccccc1. The van der Waals surface area contributed by atoms with Crippen LogP contribution >= 0.6 is 0 Å². The van der Waals surface area contributed by atoms with E-state index in [0.29, 0.717) is 13.0 Å². The van der Waals surface area contributed by atoms with E-state index < -0.39 is 5.60 Å². The zero-order chi connectivity index (χ0) is 18.3. The first-order chi connectivity index (χ1) is 11.9. The van der Waals surface area contributed by atoms with Crippen molar-refractivity contribution >= 4 is 5.97 Å². The number of benzene rings is 2. The lowest BCUT2D eigenvalue weighted by atomic mass is 10.0. The number of aryl methyl sites for hydroxylation is 1. The van der Waals surface area contributed by atoms with Crippen LogP contribution in [-0.2, 0) is 29.2 Å². The number of aliphatic hydroxyl groups is 1. The molecule has 0 unspecified atom stereocenters. The van der Waals surface area contributed by atoms with Gasteiger partial charge in [-0.25, -0.2) is 0 Å². The number of carbonyl (C=O) groups excluding carboxylic acids is 1. The molecule has 1 N–H and O–H groups in total. The molecular formula is C21H26O4. The second kappa shape index (κ2) is 8.67. The summed E-state index contributed by atoms with van der Waals surface area (Å²) >= 11 is 0. The second-order valence-corrected chi connectivity index (χ2v) is 6.96. The van der Waals surface area contributed by atoms with Crippen molar-refractivity contribution in [3.05, 3.63) is 65.2 Å². The molecule has 0 amide bonds. The fourth-order valence-corrected chi connectivity index (χ4v) is 2.43. The van der Waals surface area contributed by atoms with E-state index in [1.54, 1.807) is 0 Å². The molecule has 0 saturated heterocycles. The van der Waals surface area contributed by atoms with E-state index in [4.69, 9.17) is 9.47 Å². The molecule has 0 fully saturated rings. The molecule has 0 aromatic heterocycles. The summed E-state index contributed by atoms with van der Waals surface area (Å²) in [6.07, 6.45) is 0.778. The molecule has 25 heavy (non-hydrogen) atoms. The monoisotopic (exact) mass is 342 g/mol. The Balaban J connectivity index is 2.05. The van der Waals surface area contributed by atoms with Crippen LogP contribution in [-0.4, -0.2) is 16.7 Å². The standard InChI is InChI=1S/C21H26O4/c1-21(2,3)25-20(23)12-10-18-13-17(14-22)9-11-19(18)24-15-16-7-5-4-6-8-16/h4-9,11,13,22H,10,12,14-15H2,1-3H3. The van der Waals surface area contributed by atoms with Crippen LogP contribution in [0.3, 0.4) is 0 Å². The van der Waals surface area contributed by atoms with Gasteiger partial charge in [0, 0.05) is 6.42 Å². The average molecular weight is 342 g/mol. The van der Waals surface area contributed by atoms with E-state index in [0.717, 1.165) is 22.4 Å². The minimum absolute atomic E-state index is 0.0433. The Morgan fingerprint density at radius 1 is 1.04 bits per heavy atom. The summed E-state index contributed by atoms with van der Waals surface area (Å²) in [4.78, 5) is 12.0. The van der Waals surface area contributed by atoms with Crippen LogP contribution < -0.4 is 4.74 Å².